The molecule has 2 rings (SSSR count). The van der Waals surface area contributed by atoms with E-state index in [1.165, 1.54) is 25.7 Å². The Hall–Kier alpha value is 0.140. The highest BCUT2D eigenvalue weighted by Crippen LogP contribution is 2.36. The zero-order valence-corrected chi connectivity index (χ0v) is 11.8. The number of hydrogen-bond acceptors (Lipinski definition) is 1. The third-order valence-corrected chi connectivity index (χ3v) is 4.96. The molecule has 0 amide bonds. The molecule has 1 aromatic carbocycles. The minimum absolute atomic E-state index is 0.919. The monoisotopic (exact) mass is 332 g/mol. The Balaban J connectivity index is 2.81. The van der Waals surface area contributed by atoms with Gasteiger partial charge < -0.3 is 0 Å². The lowest BCUT2D eigenvalue weighted by Gasteiger charge is -2.04. The van der Waals surface area contributed by atoms with E-state index in [9.17, 15) is 0 Å². The van der Waals surface area contributed by atoms with Gasteiger partial charge in [-0.05, 0) is 33.5 Å². The molecule has 74 valence electrons. The maximum absolute atomic E-state index is 3.61. The van der Waals surface area contributed by atoms with Crippen LogP contribution >= 0.6 is 43.2 Å². The molecule has 0 aliphatic heterocycles. The van der Waals surface area contributed by atoms with Crippen molar-refractivity contribution in [2.45, 2.75) is 18.7 Å². The van der Waals surface area contributed by atoms with Crippen LogP contribution in [-0.2, 0) is 11.8 Å². The van der Waals surface area contributed by atoms with Crippen molar-refractivity contribution >= 4 is 53.3 Å². The van der Waals surface area contributed by atoms with E-state index in [1.54, 1.807) is 0 Å². The van der Waals surface area contributed by atoms with E-state index in [1.807, 2.05) is 11.3 Å². The number of fused-ring (bicyclic) bond motifs is 1. The molecule has 0 unspecified atom stereocenters. The van der Waals surface area contributed by atoms with Gasteiger partial charge in [0.15, 0.2) is 0 Å². The minimum Gasteiger partial charge on any atom is -0.142 e. The fraction of sp³-hybridized carbons (Fsp3) is 0.273. The molecule has 0 bridgehead atoms. The number of thiophene rings is 1. The molecule has 1 heterocycles. The molecule has 0 aliphatic carbocycles. The highest BCUT2D eigenvalue weighted by Gasteiger charge is 2.09. The van der Waals surface area contributed by atoms with E-state index in [2.05, 4.69) is 56.3 Å². The van der Waals surface area contributed by atoms with Gasteiger partial charge in [0.2, 0.25) is 0 Å². The average Bonchev–Trinajstić information content (AvgIpc) is 2.60. The summed E-state index contributed by atoms with van der Waals surface area (Å²) in [6.07, 6.45) is 1.10. The number of alkyl halides is 1. The van der Waals surface area contributed by atoms with E-state index in [-0.39, 0.29) is 0 Å². The van der Waals surface area contributed by atoms with Crippen LogP contribution in [0.1, 0.15) is 18.1 Å². The number of rotatable bonds is 2. The van der Waals surface area contributed by atoms with Gasteiger partial charge in [0, 0.05) is 25.3 Å². The van der Waals surface area contributed by atoms with E-state index in [4.69, 9.17) is 0 Å². The first-order valence-electron chi connectivity index (χ1n) is 4.51. The number of benzene rings is 1. The third kappa shape index (κ3) is 1.66. The molecule has 0 atom stereocenters. The van der Waals surface area contributed by atoms with Gasteiger partial charge in [0.05, 0.1) is 0 Å². The van der Waals surface area contributed by atoms with E-state index >= 15 is 0 Å². The van der Waals surface area contributed by atoms with Gasteiger partial charge >= 0.3 is 0 Å². The second-order valence-corrected chi connectivity index (χ2v) is 5.45. The van der Waals surface area contributed by atoms with Crippen molar-refractivity contribution in [3.63, 3.8) is 0 Å². The maximum Gasteiger partial charge on any atom is 0.0389 e. The third-order valence-electron chi connectivity index (χ3n) is 2.37. The van der Waals surface area contributed by atoms with Gasteiger partial charge in [-0.2, -0.15) is 0 Å². The fourth-order valence-corrected chi connectivity index (χ4v) is 4.02. The summed E-state index contributed by atoms with van der Waals surface area (Å²) < 4.78 is 2.65. The molecule has 14 heavy (non-hydrogen) atoms. The van der Waals surface area contributed by atoms with Crippen molar-refractivity contribution < 1.29 is 0 Å². The molecule has 0 fully saturated rings. The van der Waals surface area contributed by atoms with Crippen molar-refractivity contribution in [1.29, 1.82) is 0 Å². The van der Waals surface area contributed by atoms with Crippen LogP contribution in [-0.4, -0.2) is 0 Å². The summed E-state index contributed by atoms with van der Waals surface area (Å²) in [4.78, 5) is 0. The zero-order valence-electron chi connectivity index (χ0n) is 7.81. The first-order chi connectivity index (χ1) is 6.77. The quantitative estimate of drug-likeness (QED) is 0.669. The Morgan fingerprint density at radius 2 is 2.00 bits per heavy atom. The SMILES string of the molecule is CCc1ccc(CBr)c2c(Br)csc12. The summed E-state index contributed by atoms with van der Waals surface area (Å²) >= 11 is 8.97. The van der Waals surface area contributed by atoms with Gasteiger partial charge in [-0.3, -0.25) is 0 Å². The second-order valence-electron chi connectivity index (χ2n) is 3.16. The lowest BCUT2D eigenvalue weighted by atomic mass is 10.1. The van der Waals surface area contributed by atoms with Gasteiger partial charge in [0.25, 0.3) is 0 Å². The highest BCUT2D eigenvalue weighted by atomic mass is 79.9. The van der Waals surface area contributed by atoms with Crippen molar-refractivity contribution in [2.24, 2.45) is 0 Å². The summed E-state index contributed by atoms with van der Waals surface area (Å²) in [6, 6.07) is 4.45. The van der Waals surface area contributed by atoms with E-state index in [0.717, 1.165) is 11.8 Å². The van der Waals surface area contributed by atoms with Gasteiger partial charge in [-0.15, -0.1) is 11.3 Å². The molecular formula is C11H10Br2S. The standard InChI is InChI=1S/C11H10Br2S/c1-2-7-3-4-8(5-12)10-9(13)6-14-11(7)10/h3-4,6H,2,5H2,1H3. The number of halogens is 2. The smallest absolute Gasteiger partial charge is 0.0389 e. The van der Waals surface area contributed by atoms with Crippen molar-refractivity contribution in [3.05, 3.63) is 33.1 Å². The summed E-state index contributed by atoms with van der Waals surface area (Å²) in [7, 11) is 0. The maximum atomic E-state index is 3.61. The van der Waals surface area contributed by atoms with E-state index < -0.39 is 0 Å². The molecule has 0 saturated heterocycles. The first kappa shape index (κ1) is 10.7. The normalized spacial score (nSPS) is 11.1. The van der Waals surface area contributed by atoms with Crippen LogP contribution in [0.4, 0.5) is 0 Å². The van der Waals surface area contributed by atoms with Crippen molar-refractivity contribution in [2.75, 3.05) is 0 Å². The van der Waals surface area contributed by atoms with Gasteiger partial charge in [-0.1, -0.05) is 35.0 Å². The van der Waals surface area contributed by atoms with Crippen LogP contribution in [0, 0.1) is 0 Å². The summed E-state index contributed by atoms with van der Waals surface area (Å²) in [6.45, 7) is 2.20. The molecule has 3 heteroatoms. The Labute approximate surface area is 105 Å². The fourth-order valence-electron chi connectivity index (χ4n) is 1.62. The summed E-state index contributed by atoms with van der Waals surface area (Å²) in [5.41, 5.74) is 2.81. The van der Waals surface area contributed by atoms with Crippen LogP contribution in [0.15, 0.2) is 22.0 Å². The Morgan fingerprint density at radius 3 is 2.64 bits per heavy atom. The largest absolute Gasteiger partial charge is 0.142 e. The van der Waals surface area contributed by atoms with Crippen LogP contribution < -0.4 is 0 Å². The second kappa shape index (κ2) is 4.33. The minimum atomic E-state index is 0.919. The predicted octanol–water partition coefficient (Wildman–Crippen LogP) is 5.12. The van der Waals surface area contributed by atoms with Crippen LogP contribution in [0.2, 0.25) is 0 Å². The molecule has 2 aromatic rings. The lowest BCUT2D eigenvalue weighted by molar-refractivity contribution is 1.16. The average molecular weight is 334 g/mol. The number of aryl methyl sites for hydroxylation is 1. The zero-order chi connectivity index (χ0) is 10.1. The molecule has 0 radical (unpaired) electrons. The molecular weight excluding hydrogens is 324 g/mol. The Bertz CT molecular complexity index is 460. The molecule has 0 spiro atoms. The van der Waals surface area contributed by atoms with Gasteiger partial charge in [-0.25, -0.2) is 0 Å². The lowest BCUT2D eigenvalue weighted by Crippen LogP contribution is -1.84. The molecule has 0 aliphatic rings. The van der Waals surface area contributed by atoms with Crippen molar-refractivity contribution in [1.82, 2.24) is 0 Å². The topological polar surface area (TPSA) is 0 Å². The summed E-state index contributed by atoms with van der Waals surface area (Å²) in [5, 5.41) is 4.48. The van der Waals surface area contributed by atoms with E-state index in [0.29, 0.717) is 0 Å². The van der Waals surface area contributed by atoms with Gasteiger partial charge in [0.1, 0.15) is 0 Å². The predicted molar refractivity (Wildman–Crippen MR) is 71.5 cm³/mol. The van der Waals surface area contributed by atoms with Crippen LogP contribution in [0.5, 0.6) is 0 Å². The van der Waals surface area contributed by atoms with Crippen molar-refractivity contribution in [3.8, 4) is 0 Å². The van der Waals surface area contributed by atoms with Crippen LogP contribution in [0.25, 0.3) is 10.1 Å². The molecule has 0 N–H and O–H groups in total. The Morgan fingerprint density at radius 1 is 1.29 bits per heavy atom. The molecule has 1 aromatic heterocycles. The molecule has 0 nitrogen and oxygen atoms in total. The molecule has 0 saturated carbocycles. The highest BCUT2D eigenvalue weighted by molar-refractivity contribution is 9.10. The number of hydrogen-bond donors (Lipinski definition) is 0. The summed E-state index contributed by atoms with van der Waals surface area (Å²) in [5.74, 6) is 0. The Kier molecular flexibility index (Phi) is 3.30. The first-order valence-corrected chi connectivity index (χ1v) is 7.30. The van der Waals surface area contributed by atoms with Crippen LogP contribution in [0.3, 0.4) is 0 Å².